The van der Waals surface area contributed by atoms with E-state index in [0.29, 0.717) is 11.7 Å². The van der Waals surface area contributed by atoms with Crippen molar-refractivity contribution in [3.63, 3.8) is 0 Å². The number of amides is 1. The van der Waals surface area contributed by atoms with Crippen molar-refractivity contribution in [1.29, 1.82) is 0 Å². The fourth-order valence-corrected chi connectivity index (χ4v) is 1.66. The maximum atomic E-state index is 10.7. The molecular weight excluding hydrogens is 134 g/mol. The lowest BCUT2D eigenvalue weighted by molar-refractivity contribution is -0.120. The van der Waals surface area contributed by atoms with Crippen LogP contribution in [0.3, 0.4) is 0 Å². The predicted molar refractivity (Wildman–Crippen MR) is 39.5 cm³/mol. The number of rotatable bonds is 0. The average molecular weight is 145 g/mol. The number of nitrogens with one attached hydrogen (secondary N) is 1. The highest BCUT2D eigenvalue weighted by Gasteiger charge is 2.10. The largest absolute Gasteiger partial charge is 0.355 e. The first-order valence-electron chi connectivity index (χ1n) is 3.17. The van der Waals surface area contributed by atoms with E-state index in [9.17, 15) is 4.79 Å². The molecule has 0 aromatic rings. The van der Waals surface area contributed by atoms with Gasteiger partial charge in [-0.1, -0.05) is 6.92 Å². The molecule has 0 aromatic carbocycles. The van der Waals surface area contributed by atoms with Crippen molar-refractivity contribution in [3.8, 4) is 0 Å². The van der Waals surface area contributed by atoms with Crippen LogP contribution in [0.2, 0.25) is 0 Å². The summed E-state index contributed by atoms with van der Waals surface area (Å²) in [7, 11) is 0. The van der Waals surface area contributed by atoms with E-state index in [-0.39, 0.29) is 5.91 Å². The Morgan fingerprint density at radius 3 is 3.33 bits per heavy atom. The highest BCUT2D eigenvalue weighted by molar-refractivity contribution is 7.99. The molecular formula is C6H11NOS. The van der Waals surface area contributed by atoms with Gasteiger partial charge in [0.1, 0.15) is 0 Å². The minimum atomic E-state index is 0.201. The van der Waals surface area contributed by atoms with Gasteiger partial charge in [-0.05, 0) is 0 Å². The highest BCUT2D eigenvalue weighted by Crippen LogP contribution is 2.12. The summed E-state index contributed by atoms with van der Waals surface area (Å²) in [5.74, 6) is 1.18. The van der Waals surface area contributed by atoms with Crippen LogP contribution in [0.5, 0.6) is 0 Å². The molecule has 0 radical (unpaired) electrons. The van der Waals surface area contributed by atoms with Crippen molar-refractivity contribution >= 4 is 17.7 Å². The van der Waals surface area contributed by atoms with Gasteiger partial charge >= 0.3 is 0 Å². The first kappa shape index (κ1) is 6.93. The molecule has 52 valence electrons. The molecule has 2 nitrogen and oxygen atoms in total. The minimum Gasteiger partial charge on any atom is -0.355 e. The zero-order chi connectivity index (χ0) is 6.69. The predicted octanol–water partition coefficient (Wildman–Crippen LogP) is 0.628. The van der Waals surface area contributed by atoms with Gasteiger partial charge in [0.05, 0.1) is 0 Å². The van der Waals surface area contributed by atoms with Gasteiger partial charge in [-0.15, -0.1) is 0 Å². The van der Waals surface area contributed by atoms with Gasteiger partial charge in [0.15, 0.2) is 0 Å². The lowest BCUT2D eigenvalue weighted by Crippen LogP contribution is -2.26. The molecule has 1 amide bonds. The van der Waals surface area contributed by atoms with Crippen LogP contribution in [-0.4, -0.2) is 23.5 Å². The van der Waals surface area contributed by atoms with Crippen molar-refractivity contribution in [2.75, 3.05) is 12.3 Å². The van der Waals surface area contributed by atoms with Crippen molar-refractivity contribution < 1.29 is 4.79 Å². The molecule has 1 N–H and O–H groups in total. The topological polar surface area (TPSA) is 29.1 Å². The first-order chi connectivity index (χ1) is 4.29. The number of carbonyl (C=O) groups excluding carboxylic acids is 1. The summed E-state index contributed by atoms with van der Waals surface area (Å²) in [5.41, 5.74) is 0. The van der Waals surface area contributed by atoms with Crippen LogP contribution in [0.1, 0.15) is 13.3 Å². The molecule has 1 saturated heterocycles. The number of hydrogen-bond acceptors (Lipinski definition) is 2. The second-order valence-electron chi connectivity index (χ2n) is 2.24. The molecule has 1 aliphatic heterocycles. The second-order valence-corrected chi connectivity index (χ2v) is 3.78. The van der Waals surface area contributed by atoms with Gasteiger partial charge in [0.2, 0.25) is 5.91 Å². The van der Waals surface area contributed by atoms with Crippen molar-refractivity contribution in [2.24, 2.45) is 0 Å². The van der Waals surface area contributed by atoms with Crippen LogP contribution in [0.15, 0.2) is 0 Å². The van der Waals surface area contributed by atoms with E-state index in [4.69, 9.17) is 0 Å². The Bertz CT molecular complexity index is 116. The number of thioether (sulfide) groups is 1. The van der Waals surface area contributed by atoms with Crippen molar-refractivity contribution in [3.05, 3.63) is 0 Å². The lowest BCUT2D eigenvalue weighted by atomic mass is 10.4. The third-order valence-corrected chi connectivity index (χ3v) is 2.49. The molecule has 0 aromatic heterocycles. The Hall–Kier alpha value is -0.180. The Kier molecular flexibility index (Phi) is 2.39. The molecule has 1 fully saturated rings. The van der Waals surface area contributed by atoms with E-state index < -0.39 is 0 Å². The zero-order valence-electron chi connectivity index (χ0n) is 5.52. The SMILES string of the molecule is CC1CNC(=O)CCS1. The van der Waals surface area contributed by atoms with Gasteiger partial charge in [-0.2, -0.15) is 11.8 Å². The monoisotopic (exact) mass is 145 g/mol. The summed E-state index contributed by atoms with van der Waals surface area (Å²) in [4.78, 5) is 10.7. The Labute approximate surface area is 59.4 Å². The molecule has 1 atom stereocenters. The molecule has 1 rings (SSSR count). The van der Waals surface area contributed by atoms with Crippen molar-refractivity contribution in [1.82, 2.24) is 5.32 Å². The number of carbonyl (C=O) groups is 1. The van der Waals surface area contributed by atoms with Gasteiger partial charge in [0.25, 0.3) is 0 Å². The highest BCUT2D eigenvalue weighted by atomic mass is 32.2. The molecule has 1 unspecified atom stereocenters. The van der Waals surface area contributed by atoms with Crippen LogP contribution in [0.25, 0.3) is 0 Å². The second kappa shape index (κ2) is 3.11. The van der Waals surface area contributed by atoms with Crippen molar-refractivity contribution in [2.45, 2.75) is 18.6 Å². The first-order valence-corrected chi connectivity index (χ1v) is 4.22. The molecule has 0 aliphatic carbocycles. The molecule has 0 saturated carbocycles. The maximum absolute atomic E-state index is 10.7. The van der Waals surface area contributed by atoms with Crippen LogP contribution >= 0.6 is 11.8 Å². The molecule has 3 heteroatoms. The summed E-state index contributed by atoms with van der Waals surface area (Å²) >= 11 is 1.86. The fourth-order valence-electron chi connectivity index (χ4n) is 0.758. The van der Waals surface area contributed by atoms with E-state index in [1.54, 1.807) is 0 Å². The maximum Gasteiger partial charge on any atom is 0.220 e. The van der Waals surface area contributed by atoms with E-state index in [0.717, 1.165) is 12.3 Å². The summed E-state index contributed by atoms with van der Waals surface area (Å²) < 4.78 is 0. The quantitative estimate of drug-likeness (QED) is 0.541. The summed E-state index contributed by atoms with van der Waals surface area (Å²) in [6.45, 7) is 2.97. The van der Waals surface area contributed by atoms with Crippen LogP contribution in [0, 0.1) is 0 Å². The zero-order valence-corrected chi connectivity index (χ0v) is 6.33. The summed E-state index contributed by atoms with van der Waals surface area (Å²) in [6, 6.07) is 0. The summed E-state index contributed by atoms with van der Waals surface area (Å²) in [5, 5.41) is 3.43. The average Bonchev–Trinajstić information content (AvgIpc) is 1.97. The standard InChI is InChI=1S/C6H11NOS/c1-5-4-7-6(8)2-3-9-5/h5H,2-4H2,1H3,(H,7,8). The van der Waals surface area contributed by atoms with Crippen LogP contribution in [0.4, 0.5) is 0 Å². The fraction of sp³-hybridized carbons (Fsp3) is 0.833. The lowest BCUT2D eigenvalue weighted by Gasteiger charge is -2.03. The summed E-state index contributed by atoms with van der Waals surface area (Å²) in [6.07, 6.45) is 0.689. The Morgan fingerprint density at radius 2 is 2.56 bits per heavy atom. The molecule has 1 aliphatic rings. The smallest absolute Gasteiger partial charge is 0.220 e. The Morgan fingerprint density at radius 1 is 1.78 bits per heavy atom. The van der Waals surface area contributed by atoms with Gasteiger partial charge < -0.3 is 5.32 Å². The van der Waals surface area contributed by atoms with Crippen LogP contribution < -0.4 is 5.32 Å². The molecule has 9 heavy (non-hydrogen) atoms. The van der Waals surface area contributed by atoms with E-state index >= 15 is 0 Å². The van der Waals surface area contributed by atoms with Crippen LogP contribution in [-0.2, 0) is 4.79 Å². The third-order valence-electron chi connectivity index (χ3n) is 1.32. The molecule has 0 bridgehead atoms. The third kappa shape index (κ3) is 2.26. The number of hydrogen-bond donors (Lipinski definition) is 1. The minimum absolute atomic E-state index is 0.201. The molecule has 0 spiro atoms. The van der Waals surface area contributed by atoms with E-state index in [1.807, 2.05) is 11.8 Å². The van der Waals surface area contributed by atoms with Gasteiger partial charge in [0, 0.05) is 24.0 Å². The molecule has 1 heterocycles. The van der Waals surface area contributed by atoms with E-state index in [2.05, 4.69) is 12.2 Å². The Balaban J connectivity index is 2.34. The van der Waals surface area contributed by atoms with Gasteiger partial charge in [-0.25, -0.2) is 0 Å². The normalized spacial score (nSPS) is 29.0. The van der Waals surface area contributed by atoms with E-state index in [1.165, 1.54) is 0 Å². The van der Waals surface area contributed by atoms with Gasteiger partial charge in [-0.3, -0.25) is 4.79 Å².